The molecule has 0 atom stereocenters. The molecule has 1 heterocycles. The Morgan fingerprint density at radius 3 is 2.06 bits per heavy atom. The Balaban J connectivity index is 1.32. The highest BCUT2D eigenvalue weighted by molar-refractivity contribution is 6.17. The molecule has 0 N–H and O–H groups in total. The molecule has 8 aromatic rings. The summed E-state index contributed by atoms with van der Waals surface area (Å²) in [6, 6.07) is 52.6. The summed E-state index contributed by atoms with van der Waals surface area (Å²) in [6.45, 7) is 10.8. The summed E-state index contributed by atoms with van der Waals surface area (Å²) in [4.78, 5) is 9.77. The molecule has 0 amide bonds. The number of allylic oxidation sites excluding steroid dienone is 2. The van der Waals surface area contributed by atoms with Crippen LogP contribution < -0.4 is 0 Å². The number of para-hydroxylation sites is 1. The van der Waals surface area contributed by atoms with E-state index in [4.69, 9.17) is 9.41 Å². The van der Waals surface area contributed by atoms with Gasteiger partial charge in [0.25, 0.3) is 0 Å². The van der Waals surface area contributed by atoms with Crippen LogP contribution >= 0.6 is 0 Å². The monoisotopic (exact) mass is 682 g/mol. The Morgan fingerprint density at radius 1 is 0.679 bits per heavy atom. The highest BCUT2D eigenvalue weighted by Gasteiger charge is 2.20. The van der Waals surface area contributed by atoms with Gasteiger partial charge in [-0.25, -0.2) is 0 Å². The maximum atomic E-state index is 6.42. The predicted molar refractivity (Wildman–Crippen MR) is 228 cm³/mol. The number of hydrogen-bond acceptors (Lipinski definition) is 3. The van der Waals surface area contributed by atoms with Gasteiger partial charge < -0.3 is 4.42 Å². The maximum Gasteiger partial charge on any atom is 0.136 e. The average Bonchev–Trinajstić information content (AvgIpc) is 3.60. The van der Waals surface area contributed by atoms with Gasteiger partial charge in [-0.05, 0) is 93.7 Å². The van der Waals surface area contributed by atoms with E-state index in [9.17, 15) is 0 Å². The number of benzene rings is 7. The molecular formula is C50H38N2O. The molecule has 254 valence electrons. The van der Waals surface area contributed by atoms with Crippen LogP contribution in [0.3, 0.4) is 0 Å². The van der Waals surface area contributed by atoms with Crippen molar-refractivity contribution < 1.29 is 4.42 Å². The van der Waals surface area contributed by atoms with Gasteiger partial charge in [-0.15, -0.1) is 0 Å². The molecule has 0 fully saturated rings. The fraction of sp³-hybridized carbons (Fsp3) is 0.0400. The fourth-order valence-corrected chi connectivity index (χ4v) is 7.28. The van der Waals surface area contributed by atoms with Crippen molar-refractivity contribution in [2.75, 3.05) is 0 Å². The van der Waals surface area contributed by atoms with Crippen molar-refractivity contribution in [2.24, 2.45) is 9.98 Å². The van der Waals surface area contributed by atoms with Crippen LogP contribution in [-0.4, -0.2) is 12.4 Å². The van der Waals surface area contributed by atoms with E-state index in [1.54, 1.807) is 0 Å². The number of nitrogens with zero attached hydrogens (tertiary/aromatic N) is 2. The Hall–Kier alpha value is -6.84. The van der Waals surface area contributed by atoms with Gasteiger partial charge in [-0.2, -0.15) is 0 Å². The molecule has 3 nitrogen and oxygen atoms in total. The van der Waals surface area contributed by atoms with Crippen LogP contribution in [0.2, 0.25) is 0 Å². The van der Waals surface area contributed by atoms with Crippen molar-refractivity contribution >= 4 is 63.0 Å². The minimum absolute atomic E-state index is 0.546. The summed E-state index contributed by atoms with van der Waals surface area (Å²) in [6.07, 6.45) is 8.25. The van der Waals surface area contributed by atoms with Crippen molar-refractivity contribution in [3.05, 3.63) is 198 Å². The molecule has 0 radical (unpaired) electrons. The zero-order chi connectivity index (χ0) is 36.1. The van der Waals surface area contributed by atoms with Gasteiger partial charge in [0.2, 0.25) is 0 Å². The lowest BCUT2D eigenvalue weighted by Crippen LogP contribution is -2.00. The lowest BCUT2D eigenvalue weighted by molar-refractivity contribution is 0.669. The first kappa shape index (κ1) is 33.3. The van der Waals surface area contributed by atoms with Gasteiger partial charge in [0.15, 0.2) is 0 Å². The Kier molecular flexibility index (Phi) is 9.30. The van der Waals surface area contributed by atoms with Crippen LogP contribution in [-0.2, 0) is 6.54 Å². The van der Waals surface area contributed by atoms with E-state index in [0.717, 1.165) is 77.9 Å². The molecule has 0 saturated carbocycles. The molecule has 0 bridgehead atoms. The van der Waals surface area contributed by atoms with Gasteiger partial charge in [0, 0.05) is 21.9 Å². The fourth-order valence-electron chi connectivity index (χ4n) is 7.28. The number of aliphatic imine (C=N–C) groups is 2. The van der Waals surface area contributed by atoms with Crippen LogP contribution in [0.25, 0.3) is 72.8 Å². The lowest BCUT2D eigenvalue weighted by atomic mass is 9.88. The van der Waals surface area contributed by atoms with E-state index in [-0.39, 0.29) is 0 Å². The van der Waals surface area contributed by atoms with E-state index in [0.29, 0.717) is 6.54 Å². The quantitative estimate of drug-likeness (QED) is 0.132. The zero-order valence-electron chi connectivity index (χ0n) is 29.7. The summed E-state index contributed by atoms with van der Waals surface area (Å²) in [7, 11) is 0. The highest BCUT2D eigenvalue weighted by Crippen LogP contribution is 2.43. The minimum Gasteiger partial charge on any atom is -0.456 e. The Morgan fingerprint density at radius 2 is 1.34 bits per heavy atom. The number of fused-ring (bicyclic) bond motifs is 4. The molecular weight excluding hydrogens is 645 g/mol. The van der Waals surface area contributed by atoms with E-state index in [1.165, 1.54) is 16.3 Å². The summed E-state index contributed by atoms with van der Waals surface area (Å²) < 4.78 is 6.42. The zero-order valence-corrected chi connectivity index (χ0v) is 29.7. The van der Waals surface area contributed by atoms with Gasteiger partial charge >= 0.3 is 0 Å². The summed E-state index contributed by atoms with van der Waals surface area (Å²) in [5.41, 5.74) is 13.0. The third-order valence-corrected chi connectivity index (χ3v) is 9.76. The van der Waals surface area contributed by atoms with Crippen LogP contribution in [0.4, 0.5) is 0 Å². The third-order valence-electron chi connectivity index (χ3n) is 9.76. The maximum absolute atomic E-state index is 6.42. The smallest absolute Gasteiger partial charge is 0.136 e. The first-order chi connectivity index (χ1) is 26.2. The molecule has 8 rings (SSSR count). The van der Waals surface area contributed by atoms with Crippen molar-refractivity contribution in [3.63, 3.8) is 0 Å². The number of rotatable bonds is 10. The summed E-state index contributed by atoms with van der Waals surface area (Å²) in [5, 5.41) is 4.47. The van der Waals surface area contributed by atoms with Crippen LogP contribution in [0.15, 0.2) is 185 Å². The third kappa shape index (κ3) is 6.45. The summed E-state index contributed by atoms with van der Waals surface area (Å²) in [5.74, 6) is 0. The van der Waals surface area contributed by atoms with Crippen LogP contribution in [0, 0.1) is 0 Å². The molecule has 0 aliphatic heterocycles. The first-order valence-electron chi connectivity index (χ1n) is 17.9. The van der Waals surface area contributed by atoms with E-state index < -0.39 is 0 Å². The van der Waals surface area contributed by atoms with Gasteiger partial charge in [-0.1, -0.05) is 152 Å². The number of hydrogen-bond donors (Lipinski definition) is 0. The molecule has 3 heteroatoms. The molecule has 0 aliphatic rings. The average molecular weight is 683 g/mol. The second-order valence-electron chi connectivity index (χ2n) is 13.0. The second kappa shape index (κ2) is 14.8. The largest absolute Gasteiger partial charge is 0.456 e. The Labute approximate surface area is 310 Å². The SMILES string of the molecule is C=Cc1c(/C=C\C)cc(-c2ccc(-c3c(/C(=C/C(=NCc4ccccc4)c4ccccc4)N=C)ccc4oc5ccccc5c34)cc2)c2ccccc12. The Bertz CT molecular complexity index is 2710. The van der Waals surface area contributed by atoms with E-state index >= 15 is 0 Å². The van der Waals surface area contributed by atoms with Gasteiger partial charge in [0.1, 0.15) is 11.2 Å². The van der Waals surface area contributed by atoms with Crippen molar-refractivity contribution in [1.29, 1.82) is 0 Å². The number of furan rings is 1. The molecule has 1 aromatic heterocycles. The van der Waals surface area contributed by atoms with Crippen molar-refractivity contribution in [2.45, 2.75) is 13.5 Å². The molecule has 0 saturated heterocycles. The van der Waals surface area contributed by atoms with E-state index in [2.05, 4.69) is 134 Å². The lowest BCUT2D eigenvalue weighted by Gasteiger charge is -2.16. The standard InChI is InChI=1S/C50H38N2O/c1-4-16-38-31-44(41-22-13-12-21-40(41)39(38)5-2)35-25-27-37(28-26-35)49-42(29-30-48-50(49)43-23-14-15-24-47(43)53-48)46(51-3)32-45(36-19-10-7-11-20-36)52-33-34-17-8-6-9-18-34/h4-32H,2-3,33H2,1H3/b16-4-,46-32-,52-45?. The predicted octanol–water partition coefficient (Wildman–Crippen LogP) is 13.5. The van der Waals surface area contributed by atoms with Crippen LogP contribution in [0.1, 0.15) is 34.7 Å². The highest BCUT2D eigenvalue weighted by atomic mass is 16.3. The molecule has 0 unspecified atom stereocenters. The van der Waals surface area contributed by atoms with Crippen molar-refractivity contribution in [1.82, 2.24) is 0 Å². The first-order valence-corrected chi connectivity index (χ1v) is 17.9. The molecule has 7 aromatic carbocycles. The van der Waals surface area contributed by atoms with E-state index in [1.807, 2.05) is 67.6 Å². The molecule has 53 heavy (non-hydrogen) atoms. The summed E-state index contributed by atoms with van der Waals surface area (Å²) >= 11 is 0. The topological polar surface area (TPSA) is 37.9 Å². The van der Waals surface area contributed by atoms with Gasteiger partial charge in [0.05, 0.1) is 18.0 Å². The second-order valence-corrected chi connectivity index (χ2v) is 13.0. The minimum atomic E-state index is 0.546. The molecule has 0 aliphatic carbocycles. The normalized spacial score (nSPS) is 12.2. The van der Waals surface area contributed by atoms with Crippen molar-refractivity contribution in [3.8, 4) is 22.3 Å². The molecule has 0 spiro atoms. The van der Waals surface area contributed by atoms with Crippen LogP contribution in [0.5, 0.6) is 0 Å². The van der Waals surface area contributed by atoms with Gasteiger partial charge in [-0.3, -0.25) is 9.98 Å².